The Morgan fingerprint density at radius 1 is 1.10 bits per heavy atom. The van der Waals surface area contributed by atoms with Crippen molar-refractivity contribution in [2.45, 2.75) is 57.5 Å². The molecule has 1 amide bonds. The lowest BCUT2D eigenvalue weighted by molar-refractivity contribution is 0.0182. The van der Waals surface area contributed by atoms with Crippen molar-refractivity contribution in [3.8, 4) is 0 Å². The molecule has 1 heterocycles. The highest BCUT2D eigenvalue weighted by molar-refractivity contribution is 7.91. The van der Waals surface area contributed by atoms with E-state index in [9.17, 15) is 18.0 Å². The highest BCUT2D eigenvalue weighted by Gasteiger charge is 2.28. The minimum Gasteiger partial charge on any atom is -0.462 e. The van der Waals surface area contributed by atoms with Crippen molar-refractivity contribution in [2.75, 3.05) is 25.4 Å². The van der Waals surface area contributed by atoms with Gasteiger partial charge in [-0.25, -0.2) is 18.0 Å². The molecule has 0 aromatic heterocycles. The number of sulfone groups is 1. The molecule has 0 radical (unpaired) electrons. The standard InChI is InChI=1S/C21H31NO6S/c1-5-27-19(23)17-6-8-18(9-7-17)29(25,26)15-12-16-10-13-22(14-11-16)20(24)28-21(2,3)4/h6-9,16H,5,10-15H2,1-4H3. The summed E-state index contributed by atoms with van der Waals surface area (Å²) in [7, 11) is -3.43. The maximum absolute atomic E-state index is 12.6. The smallest absolute Gasteiger partial charge is 0.410 e. The highest BCUT2D eigenvalue weighted by atomic mass is 32.2. The number of piperidine rings is 1. The van der Waals surface area contributed by atoms with Crippen molar-refractivity contribution in [1.82, 2.24) is 4.90 Å². The van der Waals surface area contributed by atoms with Gasteiger partial charge in [0, 0.05) is 13.1 Å². The number of carbonyl (C=O) groups excluding carboxylic acids is 2. The number of benzene rings is 1. The molecule has 29 heavy (non-hydrogen) atoms. The molecule has 0 unspecified atom stereocenters. The Labute approximate surface area is 173 Å². The first kappa shape index (κ1) is 23.2. The molecular weight excluding hydrogens is 394 g/mol. The van der Waals surface area contributed by atoms with Gasteiger partial charge < -0.3 is 14.4 Å². The fourth-order valence-electron chi connectivity index (χ4n) is 3.18. The van der Waals surface area contributed by atoms with Gasteiger partial charge in [-0.1, -0.05) is 0 Å². The summed E-state index contributed by atoms with van der Waals surface area (Å²) >= 11 is 0. The second-order valence-electron chi connectivity index (χ2n) is 8.26. The average molecular weight is 426 g/mol. The van der Waals surface area contributed by atoms with Gasteiger partial charge in [-0.3, -0.25) is 0 Å². The Kier molecular flexibility index (Phi) is 7.68. The van der Waals surface area contributed by atoms with E-state index < -0.39 is 21.4 Å². The lowest BCUT2D eigenvalue weighted by atomic mass is 9.95. The summed E-state index contributed by atoms with van der Waals surface area (Å²) in [5.41, 5.74) is -0.189. The van der Waals surface area contributed by atoms with Gasteiger partial charge in [-0.2, -0.15) is 0 Å². The van der Waals surface area contributed by atoms with Gasteiger partial charge in [0.15, 0.2) is 9.84 Å². The zero-order valence-electron chi connectivity index (χ0n) is 17.6. The van der Waals surface area contributed by atoms with E-state index in [4.69, 9.17) is 9.47 Å². The SMILES string of the molecule is CCOC(=O)c1ccc(S(=O)(=O)CCC2CCN(C(=O)OC(C)(C)C)CC2)cc1. The number of nitrogens with zero attached hydrogens (tertiary/aromatic N) is 1. The van der Waals surface area contributed by atoms with Crippen LogP contribution in [0.4, 0.5) is 4.79 Å². The van der Waals surface area contributed by atoms with Crippen LogP contribution in [0, 0.1) is 5.92 Å². The van der Waals surface area contributed by atoms with Gasteiger partial charge in [0.05, 0.1) is 22.8 Å². The summed E-state index contributed by atoms with van der Waals surface area (Å²) in [5, 5.41) is 0. The highest BCUT2D eigenvalue weighted by Crippen LogP contribution is 2.24. The van der Waals surface area contributed by atoms with E-state index in [-0.39, 0.29) is 29.3 Å². The minimum atomic E-state index is -3.43. The first-order chi connectivity index (χ1) is 13.5. The number of rotatable bonds is 6. The van der Waals surface area contributed by atoms with Crippen LogP contribution in [0.25, 0.3) is 0 Å². The normalized spacial score (nSPS) is 15.8. The zero-order chi connectivity index (χ0) is 21.7. The molecule has 162 valence electrons. The van der Waals surface area contributed by atoms with Crippen molar-refractivity contribution < 1.29 is 27.5 Å². The molecule has 1 fully saturated rings. The third-order valence-electron chi connectivity index (χ3n) is 4.79. The van der Waals surface area contributed by atoms with Crippen molar-refractivity contribution >= 4 is 21.9 Å². The molecule has 0 bridgehead atoms. The number of likely N-dealkylation sites (tertiary alicyclic amines) is 1. The molecule has 0 saturated carbocycles. The fraction of sp³-hybridized carbons (Fsp3) is 0.619. The lowest BCUT2D eigenvalue weighted by Gasteiger charge is -2.33. The van der Waals surface area contributed by atoms with E-state index in [0.717, 1.165) is 12.8 Å². The maximum atomic E-state index is 12.6. The minimum absolute atomic E-state index is 0.0445. The molecule has 7 nitrogen and oxygen atoms in total. The van der Waals surface area contributed by atoms with Crippen LogP contribution in [0.1, 0.15) is 57.3 Å². The summed E-state index contributed by atoms with van der Waals surface area (Å²) in [6, 6.07) is 5.85. The number of esters is 1. The quantitative estimate of drug-likeness (QED) is 0.646. The van der Waals surface area contributed by atoms with Crippen LogP contribution in [-0.2, 0) is 19.3 Å². The first-order valence-electron chi connectivity index (χ1n) is 9.99. The Morgan fingerprint density at radius 2 is 1.69 bits per heavy atom. The van der Waals surface area contributed by atoms with Crippen molar-refractivity contribution in [3.63, 3.8) is 0 Å². The number of ether oxygens (including phenoxy) is 2. The molecule has 1 aliphatic rings. The van der Waals surface area contributed by atoms with Crippen LogP contribution in [0.2, 0.25) is 0 Å². The Morgan fingerprint density at radius 3 is 2.21 bits per heavy atom. The summed E-state index contributed by atoms with van der Waals surface area (Å²) in [6.07, 6.45) is 1.75. The number of amides is 1. The Bertz CT molecular complexity index is 803. The predicted octanol–water partition coefficient (Wildman–Crippen LogP) is 3.67. The van der Waals surface area contributed by atoms with Crippen molar-refractivity contribution in [3.05, 3.63) is 29.8 Å². The average Bonchev–Trinajstić information content (AvgIpc) is 2.66. The second-order valence-corrected chi connectivity index (χ2v) is 10.4. The number of hydrogen-bond acceptors (Lipinski definition) is 6. The van der Waals surface area contributed by atoms with Gasteiger partial charge in [-0.15, -0.1) is 0 Å². The Hall–Kier alpha value is -2.09. The lowest BCUT2D eigenvalue weighted by Crippen LogP contribution is -2.41. The molecule has 1 aromatic carbocycles. The monoisotopic (exact) mass is 425 g/mol. The van der Waals surface area contributed by atoms with E-state index in [0.29, 0.717) is 25.1 Å². The summed E-state index contributed by atoms with van der Waals surface area (Å²) < 4.78 is 35.5. The molecule has 0 atom stereocenters. The molecule has 1 aromatic rings. The molecular formula is C21H31NO6S. The topological polar surface area (TPSA) is 90.0 Å². The second kappa shape index (κ2) is 9.61. The third-order valence-corrected chi connectivity index (χ3v) is 6.55. The molecule has 0 aliphatic carbocycles. The predicted molar refractivity (Wildman–Crippen MR) is 110 cm³/mol. The maximum Gasteiger partial charge on any atom is 0.410 e. The number of hydrogen-bond donors (Lipinski definition) is 0. The molecule has 1 aliphatic heterocycles. The summed E-state index contributed by atoms with van der Waals surface area (Å²) in [5.74, 6) is -0.168. The molecule has 2 rings (SSSR count). The summed E-state index contributed by atoms with van der Waals surface area (Å²) in [4.78, 5) is 25.7. The largest absolute Gasteiger partial charge is 0.462 e. The van der Waals surface area contributed by atoms with Crippen LogP contribution in [0.3, 0.4) is 0 Å². The van der Waals surface area contributed by atoms with Gasteiger partial charge in [0.2, 0.25) is 0 Å². The van der Waals surface area contributed by atoms with Gasteiger partial charge in [-0.05, 0) is 77.1 Å². The molecule has 8 heteroatoms. The molecule has 0 N–H and O–H groups in total. The van der Waals surface area contributed by atoms with E-state index in [1.54, 1.807) is 11.8 Å². The number of carbonyl (C=O) groups is 2. The van der Waals surface area contributed by atoms with Gasteiger partial charge >= 0.3 is 12.1 Å². The summed E-state index contributed by atoms with van der Waals surface area (Å²) in [6.45, 7) is 8.65. The van der Waals surface area contributed by atoms with E-state index in [2.05, 4.69) is 0 Å². The van der Waals surface area contributed by atoms with E-state index in [1.165, 1.54) is 24.3 Å². The fourth-order valence-corrected chi connectivity index (χ4v) is 4.61. The van der Waals surface area contributed by atoms with Gasteiger partial charge in [0.1, 0.15) is 5.60 Å². The van der Waals surface area contributed by atoms with Crippen LogP contribution < -0.4 is 0 Å². The van der Waals surface area contributed by atoms with Crippen LogP contribution in [0.5, 0.6) is 0 Å². The van der Waals surface area contributed by atoms with Crippen LogP contribution in [-0.4, -0.2) is 56.4 Å². The zero-order valence-corrected chi connectivity index (χ0v) is 18.5. The van der Waals surface area contributed by atoms with Crippen molar-refractivity contribution in [2.24, 2.45) is 5.92 Å². The molecule has 0 spiro atoms. The third kappa shape index (κ3) is 7.03. The Balaban J connectivity index is 1.85. The van der Waals surface area contributed by atoms with Crippen LogP contribution >= 0.6 is 0 Å². The van der Waals surface area contributed by atoms with E-state index in [1.807, 2.05) is 20.8 Å². The first-order valence-corrected chi connectivity index (χ1v) is 11.6. The van der Waals surface area contributed by atoms with Crippen LogP contribution in [0.15, 0.2) is 29.2 Å². The van der Waals surface area contributed by atoms with Gasteiger partial charge in [0.25, 0.3) is 0 Å². The van der Waals surface area contributed by atoms with E-state index >= 15 is 0 Å². The molecule has 1 saturated heterocycles. The van der Waals surface area contributed by atoms with Crippen molar-refractivity contribution in [1.29, 1.82) is 0 Å².